The normalized spacial score (nSPS) is 23.9. The summed E-state index contributed by atoms with van der Waals surface area (Å²) in [7, 11) is 0. The summed E-state index contributed by atoms with van der Waals surface area (Å²) in [6.07, 6.45) is 1.22. The van der Waals surface area contributed by atoms with E-state index in [0.29, 0.717) is 11.5 Å². The van der Waals surface area contributed by atoms with Crippen LogP contribution >= 0.6 is 0 Å². The molecular formula is C17H25FN2O. The summed E-state index contributed by atoms with van der Waals surface area (Å²) in [5.41, 5.74) is 0.556. The molecule has 1 aliphatic rings. The molecule has 0 spiro atoms. The topological polar surface area (TPSA) is 32.3 Å². The molecule has 4 heteroatoms. The largest absolute Gasteiger partial charge is 0.318 e. The molecule has 0 aromatic heterocycles. The number of benzene rings is 1. The first-order valence-corrected chi connectivity index (χ1v) is 7.83. The molecule has 0 aliphatic carbocycles. The zero-order valence-electron chi connectivity index (χ0n) is 13.3. The SMILES string of the molecule is CCC1NC(c2ccccc2F)N(C(CC)C(C)C)C1=O. The van der Waals surface area contributed by atoms with Crippen molar-refractivity contribution in [1.82, 2.24) is 10.2 Å². The van der Waals surface area contributed by atoms with Crippen molar-refractivity contribution in [2.75, 3.05) is 0 Å². The fraction of sp³-hybridized carbons (Fsp3) is 0.588. The van der Waals surface area contributed by atoms with Gasteiger partial charge in [-0.25, -0.2) is 4.39 Å². The van der Waals surface area contributed by atoms with Crippen molar-refractivity contribution in [2.24, 2.45) is 5.92 Å². The maximum absolute atomic E-state index is 14.2. The fourth-order valence-corrected chi connectivity index (χ4v) is 3.22. The molecule has 0 bridgehead atoms. The first kappa shape index (κ1) is 16.0. The summed E-state index contributed by atoms with van der Waals surface area (Å²) in [5.74, 6) is 0.167. The van der Waals surface area contributed by atoms with E-state index in [0.717, 1.165) is 12.8 Å². The molecule has 21 heavy (non-hydrogen) atoms. The number of carbonyl (C=O) groups is 1. The highest BCUT2D eigenvalue weighted by Gasteiger charge is 2.43. The number of hydrogen-bond acceptors (Lipinski definition) is 2. The van der Waals surface area contributed by atoms with Crippen LogP contribution in [0.4, 0.5) is 4.39 Å². The van der Waals surface area contributed by atoms with E-state index < -0.39 is 0 Å². The van der Waals surface area contributed by atoms with E-state index in [1.807, 2.05) is 17.9 Å². The Hall–Kier alpha value is -1.42. The highest BCUT2D eigenvalue weighted by molar-refractivity contribution is 5.84. The summed E-state index contributed by atoms with van der Waals surface area (Å²) in [6, 6.07) is 6.61. The van der Waals surface area contributed by atoms with Gasteiger partial charge in [-0.15, -0.1) is 0 Å². The summed E-state index contributed by atoms with van der Waals surface area (Å²) in [5, 5.41) is 3.30. The van der Waals surface area contributed by atoms with Gasteiger partial charge in [0.15, 0.2) is 0 Å². The molecule has 3 unspecified atom stereocenters. The van der Waals surface area contributed by atoms with Crippen molar-refractivity contribution in [3.63, 3.8) is 0 Å². The monoisotopic (exact) mass is 292 g/mol. The Morgan fingerprint density at radius 3 is 2.48 bits per heavy atom. The molecule has 1 aromatic carbocycles. The number of halogens is 1. The average Bonchev–Trinajstić information content (AvgIpc) is 2.77. The fourth-order valence-electron chi connectivity index (χ4n) is 3.22. The highest BCUT2D eigenvalue weighted by Crippen LogP contribution is 2.33. The predicted octanol–water partition coefficient (Wildman–Crippen LogP) is 3.47. The zero-order valence-corrected chi connectivity index (χ0v) is 13.3. The lowest BCUT2D eigenvalue weighted by molar-refractivity contribution is -0.133. The summed E-state index contributed by atoms with van der Waals surface area (Å²) < 4.78 is 14.2. The highest BCUT2D eigenvalue weighted by atomic mass is 19.1. The van der Waals surface area contributed by atoms with Gasteiger partial charge >= 0.3 is 0 Å². The van der Waals surface area contributed by atoms with Gasteiger partial charge in [0.25, 0.3) is 0 Å². The molecule has 1 fully saturated rings. The van der Waals surface area contributed by atoms with Crippen LogP contribution in [0.3, 0.4) is 0 Å². The number of amides is 1. The van der Waals surface area contributed by atoms with E-state index in [4.69, 9.17) is 0 Å². The number of carbonyl (C=O) groups excluding carboxylic acids is 1. The average molecular weight is 292 g/mol. The molecule has 116 valence electrons. The molecule has 1 aromatic rings. The van der Waals surface area contributed by atoms with E-state index in [-0.39, 0.29) is 30.0 Å². The van der Waals surface area contributed by atoms with Crippen LogP contribution in [0.15, 0.2) is 24.3 Å². The van der Waals surface area contributed by atoms with Gasteiger partial charge in [0.2, 0.25) is 5.91 Å². The zero-order chi connectivity index (χ0) is 15.6. The Morgan fingerprint density at radius 2 is 1.95 bits per heavy atom. The molecule has 1 amide bonds. The second kappa shape index (κ2) is 6.56. The summed E-state index contributed by atoms with van der Waals surface area (Å²) in [6.45, 7) is 8.28. The van der Waals surface area contributed by atoms with Gasteiger partial charge in [-0.3, -0.25) is 10.1 Å². The Kier molecular flexibility index (Phi) is 4.99. The van der Waals surface area contributed by atoms with Crippen molar-refractivity contribution in [3.8, 4) is 0 Å². The van der Waals surface area contributed by atoms with Crippen molar-refractivity contribution >= 4 is 5.91 Å². The third-order valence-corrected chi connectivity index (χ3v) is 4.34. The van der Waals surface area contributed by atoms with Crippen molar-refractivity contribution in [2.45, 2.75) is 58.8 Å². The van der Waals surface area contributed by atoms with Crippen LogP contribution in [0.1, 0.15) is 52.3 Å². The van der Waals surface area contributed by atoms with Crippen LogP contribution in [0.25, 0.3) is 0 Å². The van der Waals surface area contributed by atoms with Gasteiger partial charge in [-0.2, -0.15) is 0 Å². The first-order valence-electron chi connectivity index (χ1n) is 7.83. The minimum atomic E-state index is -0.365. The standard InChI is InChI=1S/C17H25FN2O/c1-5-14-17(21)20(15(6-2)11(3)4)16(19-14)12-9-7-8-10-13(12)18/h7-11,14-16,19H,5-6H2,1-4H3. The molecule has 1 N–H and O–H groups in total. The summed E-state index contributed by atoms with van der Waals surface area (Å²) in [4.78, 5) is 14.5. The third kappa shape index (κ3) is 2.95. The molecule has 2 rings (SSSR count). The molecule has 1 aliphatic heterocycles. The number of nitrogens with one attached hydrogen (secondary N) is 1. The smallest absolute Gasteiger partial charge is 0.241 e. The van der Waals surface area contributed by atoms with Crippen LogP contribution in [0, 0.1) is 11.7 Å². The quantitative estimate of drug-likeness (QED) is 0.901. The summed E-state index contributed by atoms with van der Waals surface area (Å²) >= 11 is 0. The van der Waals surface area contributed by atoms with Gasteiger partial charge in [-0.1, -0.05) is 45.9 Å². The minimum Gasteiger partial charge on any atom is -0.318 e. The predicted molar refractivity (Wildman–Crippen MR) is 82.1 cm³/mol. The van der Waals surface area contributed by atoms with Crippen LogP contribution in [0.5, 0.6) is 0 Å². The van der Waals surface area contributed by atoms with E-state index in [2.05, 4.69) is 26.1 Å². The molecule has 1 heterocycles. The van der Waals surface area contributed by atoms with Crippen molar-refractivity contribution in [1.29, 1.82) is 0 Å². The van der Waals surface area contributed by atoms with Crippen LogP contribution < -0.4 is 5.32 Å². The van der Waals surface area contributed by atoms with Crippen LogP contribution in [-0.2, 0) is 4.79 Å². The van der Waals surface area contributed by atoms with Gasteiger partial charge in [0.05, 0.1) is 6.04 Å². The number of nitrogens with zero attached hydrogens (tertiary/aromatic N) is 1. The maximum Gasteiger partial charge on any atom is 0.241 e. The number of rotatable bonds is 5. The maximum atomic E-state index is 14.2. The van der Waals surface area contributed by atoms with Crippen LogP contribution in [-0.4, -0.2) is 22.9 Å². The van der Waals surface area contributed by atoms with Gasteiger partial charge in [0.1, 0.15) is 12.0 Å². The second-order valence-corrected chi connectivity index (χ2v) is 6.02. The van der Waals surface area contributed by atoms with Crippen molar-refractivity contribution < 1.29 is 9.18 Å². The second-order valence-electron chi connectivity index (χ2n) is 6.02. The van der Waals surface area contributed by atoms with Gasteiger partial charge in [0, 0.05) is 11.6 Å². The lowest BCUT2D eigenvalue weighted by Crippen LogP contribution is -2.43. The number of hydrogen-bond donors (Lipinski definition) is 1. The van der Waals surface area contributed by atoms with Crippen LogP contribution in [0.2, 0.25) is 0 Å². The molecule has 1 saturated heterocycles. The Bertz CT molecular complexity index is 503. The van der Waals surface area contributed by atoms with E-state index in [1.165, 1.54) is 6.07 Å². The van der Waals surface area contributed by atoms with E-state index in [1.54, 1.807) is 12.1 Å². The minimum absolute atomic E-state index is 0.0892. The van der Waals surface area contributed by atoms with E-state index >= 15 is 0 Å². The lowest BCUT2D eigenvalue weighted by Gasteiger charge is -2.35. The van der Waals surface area contributed by atoms with Crippen molar-refractivity contribution in [3.05, 3.63) is 35.6 Å². The first-order chi connectivity index (χ1) is 10.0. The molecule has 0 saturated carbocycles. The van der Waals surface area contributed by atoms with Gasteiger partial charge in [-0.05, 0) is 24.8 Å². The third-order valence-electron chi connectivity index (χ3n) is 4.34. The molecular weight excluding hydrogens is 267 g/mol. The van der Waals surface area contributed by atoms with E-state index in [9.17, 15) is 9.18 Å². The van der Waals surface area contributed by atoms with Gasteiger partial charge < -0.3 is 4.90 Å². The molecule has 0 radical (unpaired) electrons. The lowest BCUT2D eigenvalue weighted by atomic mass is 9.98. The molecule has 3 nitrogen and oxygen atoms in total. The Morgan fingerprint density at radius 1 is 1.29 bits per heavy atom. The molecule has 3 atom stereocenters. The Balaban J connectivity index is 2.42. The Labute approximate surface area is 126 Å².